The van der Waals surface area contributed by atoms with E-state index in [2.05, 4.69) is 10.2 Å². The van der Waals surface area contributed by atoms with E-state index in [0.29, 0.717) is 12.6 Å². The van der Waals surface area contributed by atoms with Crippen molar-refractivity contribution in [2.24, 2.45) is 5.73 Å². The van der Waals surface area contributed by atoms with Gasteiger partial charge < -0.3 is 16.2 Å². The van der Waals surface area contributed by atoms with Gasteiger partial charge in [0.25, 0.3) is 5.97 Å². The summed E-state index contributed by atoms with van der Waals surface area (Å²) >= 11 is 0. The predicted octanol–water partition coefficient (Wildman–Crippen LogP) is 0.372. The number of aliphatic carboxylic acids is 1. The summed E-state index contributed by atoms with van der Waals surface area (Å²) in [6, 6.07) is 0.372. The third kappa shape index (κ3) is 19.0. The molecule has 0 aliphatic rings. The van der Waals surface area contributed by atoms with Crippen LogP contribution in [0.25, 0.3) is 0 Å². The number of hydrogen-bond acceptors (Lipinski definition) is 5. The molecule has 4 N–H and O–H groups in total. The smallest absolute Gasteiger partial charge is 0.300 e. The summed E-state index contributed by atoms with van der Waals surface area (Å²) < 4.78 is 0. The highest BCUT2D eigenvalue weighted by atomic mass is 17.2. The van der Waals surface area contributed by atoms with Crippen LogP contribution >= 0.6 is 0 Å². The molecule has 0 aliphatic carbocycles. The molecule has 0 bridgehead atoms. The van der Waals surface area contributed by atoms with Gasteiger partial charge >= 0.3 is 0 Å². The van der Waals surface area contributed by atoms with Crippen LogP contribution in [0, 0.1) is 0 Å². The molecule has 0 aromatic rings. The van der Waals surface area contributed by atoms with Crippen LogP contribution in [0.5, 0.6) is 0 Å². The Morgan fingerprint density at radius 3 is 2.44 bits per heavy atom. The van der Waals surface area contributed by atoms with Crippen LogP contribution in [0.15, 0.2) is 0 Å². The highest BCUT2D eigenvalue weighted by Crippen LogP contribution is 2.00. The van der Waals surface area contributed by atoms with Crippen LogP contribution in [0.2, 0.25) is 0 Å². The van der Waals surface area contributed by atoms with E-state index in [9.17, 15) is 0 Å². The maximum absolute atomic E-state index is 9.00. The second-order valence-corrected chi connectivity index (χ2v) is 3.24. The van der Waals surface area contributed by atoms with Crippen LogP contribution in [-0.2, 0) is 14.6 Å². The maximum Gasteiger partial charge on any atom is 0.300 e. The first kappa shape index (κ1) is 17.7. The number of unbranched alkanes of at least 4 members (excludes halogenated alkanes) is 1. The van der Waals surface area contributed by atoms with Gasteiger partial charge in [-0.1, -0.05) is 6.42 Å². The molecule has 0 amide bonds. The number of carbonyl (C=O) groups is 1. The zero-order valence-corrected chi connectivity index (χ0v) is 10.4. The van der Waals surface area contributed by atoms with Crippen LogP contribution in [0.3, 0.4) is 0 Å². The fraction of sp³-hybridized carbons (Fsp3) is 0.900. The van der Waals surface area contributed by atoms with Crippen molar-refractivity contribution < 1.29 is 19.7 Å². The normalized spacial score (nSPS) is 11.5. The van der Waals surface area contributed by atoms with Gasteiger partial charge in [-0.05, 0) is 26.4 Å². The Bertz CT molecular complexity index is 152. The number of rotatable bonds is 8. The van der Waals surface area contributed by atoms with Gasteiger partial charge in [-0.15, -0.1) is 0 Å². The second-order valence-electron chi connectivity index (χ2n) is 3.24. The van der Waals surface area contributed by atoms with Gasteiger partial charge in [0.05, 0.1) is 13.7 Å². The fourth-order valence-corrected chi connectivity index (χ4v) is 0.996. The number of nitrogens with two attached hydrogens (primary N) is 1. The highest BCUT2D eigenvalue weighted by Gasteiger charge is 2.04. The Morgan fingerprint density at radius 1 is 1.50 bits per heavy atom. The first-order valence-electron chi connectivity index (χ1n) is 5.30. The molecule has 0 saturated carbocycles. The monoisotopic (exact) mass is 236 g/mol. The Kier molecular flexibility index (Phi) is 15.8. The van der Waals surface area contributed by atoms with Gasteiger partial charge in [-0.25, -0.2) is 9.78 Å². The number of carboxylic acid groups (broad SMARTS) is 1. The quantitative estimate of drug-likeness (QED) is 0.320. The van der Waals surface area contributed by atoms with Crippen molar-refractivity contribution >= 4 is 5.97 Å². The third-order valence-electron chi connectivity index (χ3n) is 1.80. The molecule has 0 aliphatic heterocycles. The average molecular weight is 236 g/mol. The highest BCUT2D eigenvalue weighted by molar-refractivity contribution is 5.62. The summed E-state index contributed by atoms with van der Waals surface area (Å²) in [5, 5.41) is 10.6. The average Bonchev–Trinajstić information content (AvgIpc) is 2.22. The van der Waals surface area contributed by atoms with Crippen molar-refractivity contribution in [2.45, 2.75) is 32.2 Å². The molecule has 1 unspecified atom stereocenters. The molecule has 0 heterocycles. The Morgan fingerprint density at radius 2 is 2.06 bits per heavy atom. The predicted molar refractivity (Wildman–Crippen MR) is 62.0 cm³/mol. The molecule has 0 aromatic heterocycles. The summed E-state index contributed by atoms with van der Waals surface area (Å²) in [6.45, 7) is 2.44. The first-order chi connectivity index (χ1) is 7.58. The molecular weight excluding hydrogens is 212 g/mol. The lowest BCUT2D eigenvalue weighted by Gasteiger charge is -2.14. The maximum atomic E-state index is 9.00. The van der Waals surface area contributed by atoms with Crippen LogP contribution in [-0.4, -0.2) is 44.4 Å². The molecule has 0 rings (SSSR count). The van der Waals surface area contributed by atoms with Crippen molar-refractivity contribution in [1.82, 2.24) is 5.32 Å². The van der Waals surface area contributed by atoms with Gasteiger partial charge in [0.1, 0.15) is 0 Å². The zero-order valence-electron chi connectivity index (χ0n) is 10.4. The standard InChI is InChI=1S/C8H20N2O2.C2H4O2/c1-10-8(7-12-11-2)5-3-4-6-9;1-2(3)4/h8,10H,3-7,9H2,1-2H3;1H3,(H,3,4). The second kappa shape index (κ2) is 14.3. The number of carboxylic acids is 1. The van der Waals surface area contributed by atoms with Crippen LogP contribution in [0.1, 0.15) is 26.2 Å². The molecule has 0 fully saturated rings. The molecule has 6 heteroatoms. The topological polar surface area (TPSA) is 93.8 Å². The molecule has 0 radical (unpaired) electrons. The van der Waals surface area contributed by atoms with Crippen LogP contribution < -0.4 is 11.1 Å². The van der Waals surface area contributed by atoms with E-state index in [4.69, 9.17) is 20.5 Å². The van der Waals surface area contributed by atoms with E-state index >= 15 is 0 Å². The van der Waals surface area contributed by atoms with E-state index in [-0.39, 0.29) is 0 Å². The van der Waals surface area contributed by atoms with Crippen molar-refractivity contribution in [3.8, 4) is 0 Å². The number of likely N-dealkylation sites (N-methyl/N-ethyl adjacent to an activating group) is 1. The van der Waals surface area contributed by atoms with Gasteiger partial charge in [0, 0.05) is 13.0 Å². The molecule has 0 saturated heterocycles. The minimum Gasteiger partial charge on any atom is -0.481 e. The van der Waals surface area contributed by atoms with E-state index < -0.39 is 5.97 Å². The molecule has 16 heavy (non-hydrogen) atoms. The molecule has 1 atom stereocenters. The third-order valence-corrected chi connectivity index (χ3v) is 1.80. The number of nitrogens with one attached hydrogen (secondary N) is 1. The largest absolute Gasteiger partial charge is 0.481 e. The Labute approximate surface area is 97.0 Å². The first-order valence-corrected chi connectivity index (χ1v) is 5.30. The lowest BCUT2D eigenvalue weighted by atomic mass is 10.1. The summed E-state index contributed by atoms with van der Waals surface area (Å²) in [5.41, 5.74) is 5.38. The number of hydrogen-bond donors (Lipinski definition) is 3. The molecule has 0 aromatic carbocycles. The van der Waals surface area contributed by atoms with Gasteiger partial charge in [0.2, 0.25) is 0 Å². The van der Waals surface area contributed by atoms with Gasteiger partial charge in [0.15, 0.2) is 0 Å². The molecule has 0 spiro atoms. The van der Waals surface area contributed by atoms with Crippen molar-refractivity contribution in [2.75, 3.05) is 27.3 Å². The Balaban J connectivity index is 0. The lowest BCUT2D eigenvalue weighted by molar-refractivity contribution is -0.276. The van der Waals surface area contributed by atoms with Crippen LogP contribution in [0.4, 0.5) is 0 Å². The van der Waals surface area contributed by atoms with Crippen molar-refractivity contribution in [3.63, 3.8) is 0 Å². The molecule has 98 valence electrons. The van der Waals surface area contributed by atoms with E-state index in [0.717, 1.165) is 32.7 Å². The van der Waals surface area contributed by atoms with Gasteiger partial charge in [-0.2, -0.15) is 0 Å². The lowest BCUT2D eigenvalue weighted by Crippen LogP contribution is -2.30. The fourth-order valence-electron chi connectivity index (χ4n) is 0.996. The molecule has 6 nitrogen and oxygen atoms in total. The summed E-state index contributed by atoms with van der Waals surface area (Å²) in [5.74, 6) is -0.833. The molecular formula is C10H24N2O4. The zero-order chi connectivity index (χ0) is 12.8. The Hall–Kier alpha value is -0.690. The van der Waals surface area contributed by atoms with Crippen molar-refractivity contribution in [3.05, 3.63) is 0 Å². The van der Waals surface area contributed by atoms with E-state index in [1.54, 1.807) is 0 Å². The minimum absolute atomic E-state index is 0.372. The summed E-state index contributed by atoms with van der Waals surface area (Å²) in [7, 11) is 3.44. The van der Waals surface area contributed by atoms with Gasteiger partial charge in [-0.3, -0.25) is 4.79 Å². The summed E-state index contributed by atoms with van der Waals surface area (Å²) in [6.07, 6.45) is 3.29. The van der Waals surface area contributed by atoms with E-state index in [1.165, 1.54) is 7.11 Å². The summed E-state index contributed by atoms with van der Waals surface area (Å²) in [4.78, 5) is 18.3. The van der Waals surface area contributed by atoms with Crippen molar-refractivity contribution in [1.29, 1.82) is 0 Å². The minimum atomic E-state index is -0.833. The van der Waals surface area contributed by atoms with E-state index in [1.807, 2.05) is 7.05 Å². The SMILES string of the molecule is CC(=O)O.CNC(CCCCN)COOC.